The fraction of sp³-hybridized carbons (Fsp3) is 0.278. The Morgan fingerprint density at radius 3 is 2.78 bits per heavy atom. The summed E-state index contributed by atoms with van der Waals surface area (Å²) < 4.78 is 16.1. The Hall–Kier alpha value is -2.52. The molecule has 0 aliphatic rings. The number of ether oxygens (including phenoxy) is 2. The smallest absolute Gasteiger partial charge is 0.277 e. The molecule has 3 aromatic rings. The van der Waals surface area contributed by atoms with Crippen LogP contribution in [0.25, 0.3) is 10.8 Å². The van der Waals surface area contributed by atoms with Crippen LogP contribution < -0.4 is 14.8 Å². The summed E-state index contributed by atoms with van der Waals surface area (Å²) in [5, 5.41) is 12.8. The molecule has 0 aliphatic carbocycles. The molecule has 1 amide bonds. The van der Waals surface area contributed by atoms with Crippen molar-refractivity contribution in [1.82, 2.24) is 15.5 Å². The van der Waals surface area contributed by atoms with Gasteiger partial charge in [0.15, 0.2) is 11.5 Å². The van der Waals surface area contributed by atoms with E-state index in [1.165, 1.54) is 23.1 Å². The highest BCUT2D eigenvalue weighted by molar-refractivity contribution is 8.00. The van der Waals surface area contributed by atoms with Gasteiger partial charge in [-0.15, -0.1) is 21.5 Å². The number of nitrogens with one attached hydrogen (secondary N) is 1. The number of hydrogen-bond acceptors (Lipinski definition) is 8. The number of nitrogens with zero attached hydrogens (tertiary/aromatic N) is 2. The number of thiophene rings is 1. The molecule has 0 aliphatic heterocycles. The lowest BCUT2D eigenvalue weighted by Gasteiger charge is -2.12. The van der Waals surface area contributed by atoms with E-state index in [0.717, 1.165) is 10.4 Å². The number of hydrogen-bond donors (Lipinski definition) is 1. The minimum atomic E-state index is -0.373. The molecule has 3 rings (SSSR count). The first kappa shape index (κ1) is 19.2. The van der Waals surface area contributed by atoms with Gasteiger partial charge < -0.3 is 19.2 Å². The van der Waals surface area contributed by atoms with Gasteiger partial charge in [0, 0.05) is 6.54 Å². The zero-order valence-corrected chi connectivity index (χ0v) is 16.7. The highest BCUT2D eigenvalue weighted by atomic mass is 32.2. The molecule has 27 heavy (non-hydrogen) atoms. The maximum absolute atomic E-state index is 12.4. The van der Waals surface area contributed by atoms with Crippen molar-refractivity contribution in [3.63, 3.8) is 0 Å². The fourth-order valence-corrected chi connectivity index (χ4v) is 3.64. The summed E-state index contributed by atoms with van der Waals surface area (Å²) in [5.74, 6) is 1.61. The standard InChI is InChI=1S/C18H19N3O4S2/c1-11(27-18-21-20-17(25-18)15-5-4-8-26-15)16(22)19-10-12-6-7-13(23-2)14(9-12)24-3/h4-9,11H,10H2,1-3H3,(H,19,22)/t11-/m0/s1. The second kappa shape index (κ2) is 8.92. The first-order valence-electron chi connectivity index (χ1n) is 8.13. The predicted octanol–water partition coefficient (Wildman–Crippen LogP) is 3.61. The SMILES string of the molecule is COc1ccc(CNC(=O)[C@H](C)Sc2nnc(-c3cccs3)o2)cc1OC. The predicted molar refractivity (Wildman–Crippen MR) is 104 cm³/mol. The molecule has 1 N–H and O–H groups in total. The van der Waals surface area contributed by atoms with Gasteiger partial charge in [0.25, 0.3) is 11.1 Å². The average molecular weight is 406 g/mol. The van der Waals surface area contributed by atoms with E-state index in [0.29, 0.717) is 29.2 Å². The largest absolute Gasteiger partial charge is 0.493 e. The second-order valence-corrected chi connectivity index (χ2v) is 7.76. The van der Waals surface area contributed by atoms with Crippen LogP contribution in [0.1, 0.15) is 12.5 Å². The summed E-state index contributed by atoms with van der Waals surface area (Å²) in [6.07, 6.45) is 0. The van der Waals surface area contributed by atoms with Crippen LogP contribution >= 0.6 is 23.1 Å². The molecule has 7 nitrogen and oxygen atoms in total. The third-order valence-corrected chi connectivity index (χ3v) is 5.49. The summed E-state index contributed by atoms with van der Waals surface area (Å²) in [5.41, 5.74) is 0.913. The van der Waals surface area contributed by atoms with Gasteiger partial charge in [0.1, 0.15) is 0 Å². The zero-order valence-electron chi connectivity index (χ0n) is 15.1. The number of thioether (sulfide) groups is 1. The van der Waals surface area contributed by atoms with Crippen LogP contribution in [0, 0.1) is 0 Å². The van der Waals surface area contributed by atoms with E-state index in [-0.39, 0.29) is 11.2 Å². The van der Waals surface area contributed by atoms with E-state index < -0.39 is 0 Å². The first-order valence-corrected chi connectivity index (χ1v) is 9.89. The third kappa shape index (κ3) is 4.81. The maximum atomic E-state index is 12.4. The van der Waals surface area contributed by atoms with Crippen LogP contribution in [0.15, 0.2) is 45.4 Å². The summed E-state index contributed by atoms with van der Waals surface area (Å²) in [7, 11) is 3.16. The van der Waals surface area contributed by atoms with Crippen LogP contribution in [0.4, 0.5) is 0 Å². The van der Waals surface area contributed by atoms with E-state index in [2.05, 4.69) is 15.5 Å². The third-order valence-electron chi connectivity index (χ3n) is 3.70. The molecule has 0 unspecified atom stereocenters. The number of benzene rings is 1. The van der Waals surface area contributed by atoms with Gasteiger partial charge in [0.05, 0.1) is 24.3 Å². The lowest BCUT2D eigenvalue weighted by atomic mass is 10.2. The summed E-state index contributed by atoms with van der Waals surface area (Å²) >= 11 is 2.75. The molecule has 1 aromatic carbocycles. The minimum Gasteiger partial charge on any atom is -0.493 e. The minimum absolute atomic E-state index is 0.120. The Balaban J connectivity index is 1.55. The van der Waals surface area contributed by atoms with E-state index >= 15 is 0 Å². The fourth-order valence-electron chi connectivity index (χ4n) is 2.29. The van der Waals surface area contributed by atoms with Crippen molar-refractivity contribution >= 4 is 29.0 Å². The van der Waals surface area contributed by atoms with Crippen LogP contribution in [0.5, 0.6) is 11.5 Å². The van der Waals surface area contributed by atoms with Gasteiger partial charge in [-0.05, 0) is 36.1 Å². The molecule has 0 radical (unpaired) electrons. The Bertz CT molecular complexity index is 896. The average Bonchev–Trinajstić information content (AvgIpc) is 3.37. The number of carbonyl (C=O) groups is 1. The van der Waals surface area contributed by atoms with Crippen LogP contribution in [-0.2, 0) is 11.3 Å². The van der Waals surface area contributed by atoms with E-state index in [4.69, 9.17) is 13.9 Å². The van der Waals surface area contributed by atoms with Crippen molar-refractivity contribution in [2.75, 3.05) is 14.2 Å². The Labute approximate surface area is 165 Å². The molecule has 2 heterocycles. The molecule has 0 spiro atoms. The second-order valence-electron chi connectivity index (χ2n) is 5.52. The number of methoxy groups -OCH3 is 2. The van der Waals surface area contributed by atoms with E-state index in [9.17, 15) is 4.79 Å². The summed E-state index contributed by atoms with van der Waals surface area (Å²) in [6.45, 7) is 2.18. The molecule has 0 bridgehead atoms. The molecular formula is C18H19N3O4S2. The van der Waals surface area contributed by atoms with Gasteiger partial charge in [-0.2, -0.15) is 0 Å². The molecule has 142 valence electrons. The lowest BCUT2D eigenvalue weighted by Crippen LogP contribution is -2.30. The first-order chi connectivity index (χ1) is 13.1. The van der Waals surface area contributed by atoms with Gasteiger partial charge in [-0.25, -0.2) is 0 Å². The van der Waals surface area contributed by atoms with Crippen molar-refractivity contribution in [2.45, 2.75) is 23.9 Å². The summed E-state index contributed by atoms with van der Waals surface area (Å²) in [4.78, 5) is 13.3. The normalized spacial score (nSPS) is 11.8. The zero-order chi connectivity index (χ0) is 19.2. The molecule has 2 aromatic heterocycles. The Morgan fingerprint density at radius 2 is 2.07 bits per heavy atom. The number of amides is 1. The summed E-state index contributed by atoms with van der Waals surface area (Å²) in [6, 6.07) is 9.35. The van der Waals surface area contributed by atoms with E-state index in [1.54, 1.807) is 21.1 Å². The van der Waals surface area contributed by atoms with Crippen LogP contribution in [-0.4, -0.2) is 35.6 Å². The van der Waals surface area contributed by atoms with Gasteiger partial charge in [-0.1, -0.05) is 23.9 Å². The quantitative estimate of drug-likeness (QED) is 0.573. The molecule has 0 saturated heterocycles. The molecule has 0 saturated carbocycles. The topological polar surface area (TPSA) is 86.5 Å². The molecular weight excluding hydrogens is 386 g/mol. The molecule has 1 atom stereocenters. The van der Waals surface area contributed by atoms with Gasteiger partial charge >= 0.3 is 0 Å². The van der Waals surface area contributed by atoms with E-state index in [1.807, 2.05) is 35.7 Å². The van der Waals surface area contributed by atoms with Crippen molar-refractivity contribution in [2.24, 2.45) is 0 Å². The van der Waals surface area contributed by atoms with Crippen molar-refractivity contribution in [3.05, 3.63) is 41.3 Å². The maximum Gasteiger partial charge on any atom is 0.277 e. The van der Waals surface area contributed by atoms with Gasteiger partial charge in [0.2, 0.25) is 5.91 Å². The van der Waals surface area contributed by atoms with Crippen molar-refractivity contribution in [3.8, 4) is 22.3 Å². The highest BCUT2D eigenvalue weighted by Crippen LogP contribution is 2.29. The monoisotopic (exact) mass is 405 g/mol. The molecule has 0 fully saturated rings. The van der Waals surface area contributed by atoms with Crippen molar-refractivity contribution in [1.29, 1.82) is 0 Å². The Morgan fingerprint density at radius 1 is 1.26 bits per heavy atom. The number of aromatic nitrogens is 2. The van der Waals surface area contributed by atoms with Gasteiger partial charge in [-0.3, -0.25) is 4.79 Å². The lowest BCUT2D eigenvalue weighted by molar-refractivity contribution is -0.120. The highest BCUT2D eigenvalue weighted by Gasteiger charge is 2.19. The van der Waals surface area contributed by atoms with Crippen molar-refractivity contribution < 1.29 is 18.7 Å². The number of carbonyl (C=O) groups excluding carboxylic acids is 1. The van der Waals surface area contributed by atoms with Crippen LogP contribution in [0.3, 0.4) is 0 Å². The molecule has 9 heteroatoms. The number of rotatable bonds is 8. The Kier molecular flexibility index (Phi) is 6.36. The van der Waals surface area contributed by atoms with Crippen LogP contribution in [0.2, 0.25) is 0 Å².